The van der Waals surface area contributed by atoms with Crippen molar-refractivity contribution in [3.05, 3.63) is 46.3 Å². The van der Waals surface area contributed by atoms with Gasteiger partial charge in [0.05, 0.1) is 21.6 Å². The molecular formula is C20H25Cl2N7. The predicted octanol–water partition coefficient (Wildman–Crippen LogP) is 3.34. The Morgan fingerprint density at radius 3 is 2.72 bits per heavy atom. The first kappa shape index (κ1) is 20.3. The smallest absolute Gasteiger partial charge is 0.163 e. The van der Waals surface area contributed by atoms with Crippen molar-refractivity contribution in [1.82, 2.24) is 30.0 Å². The van der Waals surface area contributed by atoms with Gasteiger partial charge in [0.2, 0.25) is 0 Å². The van der Waals surface area contributed by atoms with Crippen molar-refractivity contribution in [1.29, 1.82) is 0 Å². The fourth-order valence-electron chi connectivity index (χ4n) is 3.75. The first-order valence-corrected chi connectivity index (χ1v) is 10.6. The van der Waals surface area contributed by atoms with Gasteiger partial charge < -0.3 is 10.6 Å². The quantitative estimate of drug-likeness (QED) is 0.556. The van der Waals surface area contributed by atoms with Crippen LogP contribution < -0.4 is 10.6 Å². The molecule has 0 saturated carbocycles. The van der Waals surface area contributed by atoms with Gasteiger partial charge >= 0.3 is 0 Å². The van der Waals surface area contributed by atoms with Crippen LogP contribution in [-0.4, -0.2) is 56.9 Å². The predicted molar refractivity (Wildman–Crippen MR) is 118 cm³/mol. The first-order chi connectivity index (χ1) is 14.1. The summed E-state index contributed by atoms with van der Waals surface area (Å²) < 4.78 is 1.76. The molecule has 1 aliphatic rings. The second-order valence-corrected chi connectivity index (χ2v) is 8.22. The molecule has 0 atom stereocenters. The number of halogens is 2. The minimum Gasteiger partial charge on any atom is -0.368 e. The van der Waals surface area contributed by atoms with Crippen LogP contribution in [0, 0.1) is 0 Å². The Hall–Kier alpha value is -1.93. The van der Waals surface area contributed by atoms with E-state index in [0.717, 1.165) is 62.4 Å². The van der Waals surface area contributed by atoms with Crippen LogP contribution in [0.2, 0.25) is 10.0 Å². The SMILES string of the molecule is Cn1ncc2c(NCCNC3CCN(Cc4ccc(Cl)c(Cl)c4)CC3)ncnc21. The molecule has 2 aromatic heterocycles. The molecule has 0 radical (unpaired) electrons. The van der Waals surface area contributed by atoms with Gasteiger partial charge in [-0.25, -0.2) is 9.97 Å². The third kappa shape index (κ3) is 4.98. The zero-order chi connectivity index (χ0) is 20.2. The maximum atomic E-state index is 6.12. The number of anilines is 1. The fraction of sp³-hybridized carbons (Fsp3) is 0.450. The molecule has 0 aliphatic carbocycles. The molecule has 0 unspecified atom stereocenters. The van der Waals surface area contributed by atoms with Crippen molar-refractivity contribution in [2.45, 2.75) is 25.4 Å². The van der Waals surface area contributed by atoms with Crippen molar-refractivity contribution in [3.8, 4) is 0 Å². The lowest BCUT2D eigenvalue weighted by molar-refractivity contribution is 0.191. The fourth-order valence-corrected chi connectivity index (χ4v) is 4.07. The van der Waals surface area contributed by atoms with E-state index in [9.17, 15) is 0 Å². The van der Waals surface area contributed by atoms with E-state index in [-0.39, 0.29) is 0 Å². The van der Waals surface area contributed by atoms with E-state index < -0.39 is 0 Å². The number of likely N-dealkylation sites (tertiary alicyclic amines) is 1. The number of nitrogens with zero attached hydrogens (tertiary/aromatic N) is 5. The number of rotatable bonds is 7. The Balaban J connectivity index is 1.19. The molecule has 2 N–H and O–H groups in total. The van der Waals surface area contributed by atoms with E-state index in [1.165, 1.54) is 5.56 Å². The van der Waals surface area contributed by atoms with Crippen LogP contribution in [-0.2, 0) is 13.6 Å². The third-order valence-corrected chi connectivity index (χ3v) is 6.10. The summed E-state index contributed by atoms with van der Waals surface area (Å²) in [6, 6.07) is 6.44. The van der Waals surface area contributed by atoms with Crippen LogP contribution in [0.5, 0.6) is 0 Å². The van der Waals surface area contributed by atoms with Crippen LogP contribution in [0.25, 0.3) is 11.0 Å². The lowest BCUT2D eigenvalue weighted by atomic mass is 10.0. The maximum absolute atomic E-state index is 6.12. The average molecular weight is 434 g/mol. The van der Waals surface area contributed by atoms with Gasteiger partial charge in [-0.3, -0.25) is 9.58 Å². The van der Waals surface area contributed by atoms with Gasteiger partial charge in [0.1, 0.15) is 12.1 Å². The molecule has 9 heteroatoms. The number of aryl methyl sites for hydroxylation is 1. The largest absolute Gasteiger partial charge is 0.368 e. The van der Waals surface area contributed by atoms with E-state index in [4.69, 9.17) is 23.2 Å². The lowest BCUT2D eigenvalue weighted by Crippen LogP contribution is -2.43. The molecule has 0 spiro atoms. The highest BCUT2D eigenvalue weighted by Gasteiger charge is 2.19. The van der Waals surface area contributed by atoms with Gasteiger partial charge in [-0.05, 0) is 43.6 Å². The van der Waals surface area contributed by atoms with E-state index in [1.807, 2.05) is 19.2 Å². The van der Waals surface area contributed by atoms with Gasteiger partial charge in [0.25, 0.3) is 0 Å². The summed E-state index contributed by atoms with van der Waals surface area (Å²) in [4.78, 5) is 11.1. The molecule has 29 heavy (non-hydrogen) atoms. The Kier molecular flexibility index (Phi) is 6.50. The number of benzene rings is 1. The second-order valence-electron chi connectivity index (χ2n) is 7.41. The Bertz CT molecular complexity index is 967. The lowest BCUT2D eigenvalue weighted by Gasteiger charge is -2.32. The van der Waals surface area contributed by atoms with Gasteiger partial charge in [0, 0.05) is 32.7 Å². The van der Waals surface area contributed by atoms with Crippen LogP contribution >= 0.6 is 23.2 Å². The Labute approximate surface area is 180 Å². The van der Waals surface area contributed by atoms with E-state index in [0.29, 0.717) is 16.1 Å². The molecule has 154 valence electrons. The van der Waals surface area contributed by atoms with Gasteiger partial charge in [-0.1, -0.05) is 29.3 Å². The van der Waals surface area contributed by atoms with Crippen LogP contribution in [0.4, 0.5) is 5.82 Å². The van der Waals surface area contributed by atoms with E-state index in [2.05, 4.69) is 36.7 Å². The molecule has 1 saturated heterocycles. The molecular weight excluding hydrogens is 409 g/mol. The monoisotopic (exact) mass is 433 g/mol. The highest BCUT2D eigenvalue weighted by molar-refractivity contribution is 6.42. The second kappa shape index (κ2) is 9.26. The van der Waals surface area contributed by atoms with Crippen molar-refractivity contribution < 1.29 is 0 Å². The molecule has 3 heterocycles. The number of nitrogens with one attached hydrogen (secondary N) is 2. The van der Waals surface area contributed by atoms with E-state index >= 15 is 0 Å². The minimum atomic E-state index is 0.547. The van der Waals surface area contributed by atoms with Crippen molar-refractivity contribution >= 4 is 40.1 Å². The summed E-state index contributed by atoms with van der Waals surface area (Å²) in [5, 5.41) is 13.5. The molecule has 1 aliphatic heterocycles. The van der Waals surface area contributed by atoms with Crippen LogP contribution in [0.3, 0.4) is 0 Å². The first-order valence-electron chi connectivity index (χ1n) is 9.86. The highest BCUT2D eigenvalue weighted by atomic mass is 35.5. The molecule has 4 rings (SSSR count). The summed E-state index contributed by atoms with van der Waals surface area (Å²) in [6.07, 6.45) is 5.65. The summed E-state index contributed by atoms with van der Waals surface area (Å²) >= 11 is 12.1. The number of hydrogen-bond acceptors (Lipinski definition) is 6. The normalized spacial score (nSPS) is 15.8. The number of fused-ring (bicyclic) bond motifs is 1. The zero-order valence-corrected chi connectivity index (χ0v) is 17.9. The summed E-state index contributed by atoms with van der Waals surface area (Å²) in [6.45, 7) is 4.77. The summed E-state index contributed by atoms with van der Waals surface area (Å²) in [5.74, 6) is 0.835. The number of piperidine rings is 1. The molecule has 0 bridgehead atoms. The number of aromatic nitrogens is 4. The average Bonchev–Trinajstić information content (AvgIpc) is 3.11. The van der Waals surface area contributed by atoms with Gasteiger partial charge in [0.15, 0.2) is 5.65 Å². The van der Waals surface area contributed by atoms with Gasteiger partial charge in [-0.2, -0.15) is 5.10 Å². The van der Waals surface area contributed by atoms with Gasteiger partial charge in [-0.15, -0.1) is 0 Å². The zero-order valence-electron chi connectivity index (χ0n) is 16.4. The Morgan fingerprint density at radius 1 is 1.10 bits per heavy atom. The standard InChI is InChI=1S/C20H25Cl2N7/c1-28-20-16(11-27-28)19(25-13-26-20)24-7-6-23-15-4-8-29(9-5-15)12-14-2-3-17(21)18(22)10-14/h2-3,10-11,13,15,23H,4-9,12H2,1H3,(H,24,25,26). The topological polar surface area (TPSA) is 70.9 Å². The third-order valence-electron chi connectivity index (χ3n) is 5.36. The van der Waals surface area contributed by atoms with E-state index in [1.54, 1.807) is 17.2 Å². The maximum Gasteiger partial charge on any atom is 0.163 e. The summed E-state index contributed by atoms with van der Waals surface area (Å²) in [5.41, 5.74) is 2.05. The Morgan fingerprint density at radius 2 is 1.93 bits per heavy atom. The molecule has 1 aromatic carbocycles. The van der Waals surface area contributed by atoms with Crippen molar-refractivity contribution in [2.75, 3.05) is 31.5 Å². The number of hydrogen-bond donors (Lipinski definition) is 2. The van der Waals surface area contributed by atoms with Crippen molar-refractivity contribution in [2.24, 2.45) is 7.05 Å². The summed E-state index contributed by atoms with van der Waals surface area (Å²) in [7, 11) is 1.88. The molecule has 7 nitrogen and oxygen atoms in total. The molecule has 1 fully saturated rings. The molecule has 3 aromatic rings. The van der Waals surface area contributed by atoms with Crippen molar-refractivity contribution in [3.63, 3.8) is 0 Å². The highest BCUT2D eigenvalue weighted by Crippen LogP contribution is 2.24. The van der Waals surface area contributed by atoms with Crippen LogP contribution in [0.1, 0.15) is 18.4 Å². The molecule has 0 amide bonds. The minimum absolute atomic E-state index is 0.547. The van der Waals surface area contributed by atoms with Crippen LogP contribution in [0.15, 0.2) is 30.7 Å².